The Balaban J connectivity index is 1.99. The van der Waals surface area contributed by atoms with E-state index in [4.69, 9.17) is 16.3 Å². The molecule has 0 aliphatic carbocycles. The first-order valence-electron chi connectivity index (χ1n) is 7.97. The quantitative estimate of drug-likeness (QED) is 0.768. The topological polar surface area (TPSA) is 79.5 Å². The van der Waals surface area contributed by atoms with E-state index in [2.05, 4.69) is 16.0 Å². The predicted molar refractivity (Wildman–Crippen MR) is 100 cm³/mol. The summed E-state index contributed by atoms with van der Waals surface area (Å²) < 4.78 is 5.39. The Bertz CT molecular complexity index is 895. The Morgan fingerprint density at radius 1 is 1.19 bits per heavy atom. The second kappa shape index (κ2) is 7.49. The van der Waals surface area contributed by atoms with Crippen LogP contribution in [0.4, 0.5) is 10.5 Å². The number of urea groups is 1. The monoisotopic (exact) mass is 371 g/mol. The third-order valence-corrected chi connectivity index (χ3v) is 4.28. The van der Waals surface area contributed by atoms with Crippen molar-refractivity contribution in [1.29, 1.82) is 0 Å². The molecular formula is C19H18ClN3O3. The predicted octanol–water partition coefficient (Wildman–Crippen LogP) is 3.62. The average Bonchev–Trinajstić information content (AvgIpc) is 2.60. The summed E-state index contributed by atoms with van der Waals surface area (Å²) in [6.07, 6.45) is 0. The maximum atomic E-state index is 12.9. The number of para-hydroxylation sites is 1. The van der Waals surface area contributed by atoms with Crippen molar-refractivity contribution in [1.82, 2.24) is 10.6 Å². The van der Waals surface area contributed by atoms with E-state index in [0.29, 0.717) is 33.3 Å². The number of methoxy groups -OCH3 is 1. The molecule has 7 heteroatoms. The van der Waals surface area contributed by atoms with Gasteiger partial charge < -0.3 is 20.7 Å². The van der Waals surface area contributed by atoms with Crippen LogP contribution in [-0.2, 0) is 4.79 Å². The summed E-state index contributed by atoms with van der Waals surface area (Å²) >= 11 is 5.98. The van der Waals surface area contributed by atoms with Gasteiger partial charge in [-0.2, -0.15) is 0 Å². The van der Waals surface area contributed by atoms with Gasteiger partial charge in [0.1, 0.15) is 5.75 Å². The molecule has 0 saturated carbocycles. The number of rotatable bonds is 4. The van der Waals surface area contributed by atoms with Crippen LogP contribution in [0.2, 0.25) is 5.02 Å². The van der Waals surface area contributed by atoms with Crippen LogP contribution in [-0.4, -0.2) is 19.0 Å². The molecule has 0 aromatic heterocycles. The van der Waals surface area contributed by atoms with Gasteiger partial charge >= 0.3 is 6.03 Å². The second-order valence-corrected chi connectivity index (χ2v) is 6.21. The number of hydrogen-bond acceptors (Lipinski definition) is 3. The van der Waals surface area contributed by atoms with E-state index in [9.17, 15) is 9.59 Å². The molecule has 3 N–H and O–H groups in total. The van der Waals surface area contributed by atoms with Crippen molar-refractivity contribution >= 4 is 29.2 Å². The minimum absolute atomic E-state index is 0.340. The van der Waals surface area contributed by atoms with Crippen LogP contribution in [0, 0.1) is 0 Å². The Morgan fingerprint density at radius 3 is 2.69 bits per heavy atom. The van der Waals surface area contributed by atoms with Crippen LogP contribution in [0.5, 0.6) is 5.75 Å². The summed E-state index contributed by atoms with van der Waals surface area (Å²) in [7, 11) is 1.55. The molecule has 0 fully saturated rings. The number of benzene rings is 2. The second-order valence-electron chi connectivity index (χ2n) is 5.78. The smallest absolute Gasteiger partial charge is 0.319 e. The molecule has 1 heterocycles. The van der Waals surface area contributed by atoms with Gasteiger partial charge in [-0.3, -0.25) is 4.79 Å². The Morgan fingerprint density at radius 2 is 1.96 bits per heavy atom. The number of anilines is 1. The highest BCUT2D eigenvalue weighted by molar-refractivity contribution is 6.31. The summed E-state index contributed by atoms with van der Waals surface area (Å²) in [4.78, 5) is 24.9. The highest BCUT2D eigenvalue weighted by atomic mass is 35.5. The lowest BCUT2D eigenvalue weighted by atomic mass is 9.94. The Labute approximate surface area is 156 Å². The Kier molecular flexibility index (Phi) is 5.14. The number of hydrogen-bond donors (Lipinski definition) is 3. The number of carbonyl (C=O) groups is 2. The molecule has 0 radical (unpaired) electrons. The summed E-state index contributed by atoms with van der Waals surface area (Å²) in [6, 6.07) is 13.1. The maximum Gasteiger partial charge on any atom is 0.319 e. The molecule has 0 saturated heterocycles. The number of allylic oxidation sites excluding steroid dienone is 1. The molecule has 1 aliphatic heterocycles. The van der Waals surface area contributed by atoms with E-state index >= 15 is 0 Å². The molecule has 2 aromatic rings. The van der Waals surface area contributed by atoms with Gasteiger partial charge in [-0.1, -0.05) is 35.9 Å². The van der Waals surface area contributed by atoms with Crippen molar-refractivity contribution in [2.45, 2.75) is 13.0 Å². The van der Waals surface area contributed by atoms with Crippen molar-refractivity contribution in [3.8, 4) is 5.75 Å². The van der Waals surface area contributed by atoms with Gasteiger partial charge in [0.05, 0.1) is 18.7 Å². The minimum atomic E-state index is -0.640. The van der Waals surface area contributed by atoms with Crippen LogP contribution in [0.1, 0.15) is 18.5 Å². The molecule has 1 aliphatic rings. The number of nitrogens with one attached hydrogen (secondary N) is 3. The molecule has 2 aromatic carbocycles. The number of carbonyl (C=O) groups excluding carboxylic acids is 2. The van der Waals surface area contributed by atoms with Gasteiger partial charge in [0.25, 0.3) is 5.91 Å². The van der Waals surface area contributed by atoms with Crippen molar-refractivity contribution in [3.63, 3.8) is 0 Å². The van der Waals surface area contributed by atoms with E-state index in [1.54, 1.807) is 44.4 Å². The molecule has 3 rings (SSSR count). The van der Waals surface area contributed by atoms with E-state index in [1.807, 2.05) is 18.2 Å². The standard InChI is InChI=1S/C19H18ClN3O3/c1-11-16(18(24)22-13-7-5-6-12(20)10-13)17(23-19(25)21-11)14-8-3-4-9-15(14)26-2/h3-10,17H,1-2H3,(H,22,24)(H2,21,23,25)/t17-/m0/s1. The molecule has 6 nitrogen and oxygen atoms in total. The first-order valence-corrected chi connectivity index (χ1v) is 8.35. The molecule has 3 amide bonds. The number of amides is 3. The molecular weight excluding hydrogens is 354 g/mol. The summed E-state index contributed by atoms with van der Waals surface area (Å²) in [5, 5.41) is 8.78. The van der Waals surface area contributed by atoms with Crippen molar-refractivity contribution in [2.24, 2.45) is 0 Å². The van der Waals surface area contributed by atoms with Gasteiger partial charge in [-0.15, -0.1) is 0 Å². The fourth-order valence-corrected chi connectivity index (χ4v) is 3.09. The normalized spacial score (nSPS) is 16.6. The van der Waals surface area contributed by atoms with Crippen LogP contribution < -0.4 is 20.7 Å². The van der Waals surface area contributed by atoms with Crippen LogP contribution in [0.15, 0.2) is 59.8 Å². The van der Waals surface area contributed by atoms with Crippen molar-refractivity contribution in [3.05, 3.63) is 70.4 Å². The van der Waals surface area contributed by atoms with E-state index in [0.717, 1.165) is 0 Å². The zero-order chi connectivity index (χ0) is 18.7. The van der Waals surface area contributed by atoms with Gasteiger partial charge in [0.15, 0.2) is 0 Å². The molecule has 1 atom stereocenters. The first kappa shape index (κ1) is 17.8. The van der Waals surface area contributed by atoms with Crippen molar-refractivity contribution < 1.29 is 14.3 Å². The Hall–Kier alpha value is -2.99. The molecule has 134 valence electrons. The molecule has 0 spiro atoms. The molecule has 0 unspecified atom stereocenters. The van der Waals surface area contributed by atoms with Gasteiger partial charge in [-0.25, -0.2) is 4.79 Å². The lowest BCUT2D eigenvalue weighted by Gasteiger charge is -2.29. The van der Waals surface area contributed by atoms with Crippen molar-refractivity contribution in [2.75, 3.05) is 12.4 Å². The number of ether oxygens (including phenoxy) is 1. The van der Waals surface area contributed by atoms with Gasteiger partial charge in [0, 0.05) is 22.0 Å². The third kappa shape index (κ3) is 3.65. The van der Waals surface area contributed by atoms with Gasteiger partial charge in [0.2, 0.25) is 0 Å². The summed E-state index contributed by atoms with van der Waals surface area (Å²) in [6.45, 7) is 1.69. The molecule has 0 bridgehead atoms. The van der Waals surface area contributed by atoms with E-state index in [1.165, 1.54) is 0 Å². The highest BCUT2D eigenvalue weighted by Crippen LogP contribution is 2.33. The van der Waals surface area contributed by atoms with E-state index in [-0.39, 0.29) is 11.9 Å². The lowest BCUT2D eigenvalue weighted by Crippen LogP contribution is -2.46. The zero-order valence-electron chi connectivity index (χ0n) is 14.3. The summed E-state index contributed by atoms with van der Waals surface area (Å²) in [5.41, 5.74) is 2.14. The van der Waals surface area contributed by atoms with Crippen LogP contribution in [0.3, 0.4) is 0 Å². The third-order valence-electron chi connectivity index (χ3n) is 4.05. The minimum Gasteiger partial charge on any atom is -0.496 e. The fraction of sp³-hybridized carbons (Fsp3) is 0.158. The summed E-state index contributed by atoms with van der Waals surface area (Å²) in [5.74, 6) is 0.244. The SMILES string of the molecule is COc1ccccc1[C@@H]1NC(=O)NC(C)=C1C(=O)Nc1cccc(Cl)c1. The lowest BCUT2D eigenvalue weighted by molar-refractivity contribution is -0.113. The maximum absolute atomic E-state index is 12.9. The largest absolute Gasteiger partial charge is 0.496 e. The fourth-order valence-electron chi connectivity index (χ4n) is 2.90. The van der Waals surface area contributed by atoms with Crippen LogP contribution >= 0.6 is 11.6 Å². The number of halogens is 1. The average molecular weight is 372 g/mol. The van der Waals surface area contributed by atoms with Crippen LogP contribution in [0.25, 0.3) is 0 Å². The zero-order valence-corrected chi connectivity index (χ0v) is 15.1. The van der Waals surface area contributed by atoms with Gasteiger partial charge in [-0.05, 0) is 31.2 Å². The highest BCUT2D eigenvalue weighted by Gasteiger charge is 2.32. The molecule has 26 heavy (non-hydrogen) atoms. The van der Waals surface area contributed by atoms with E-state index < -0.39 is 6.04 Å². The first-order chi connectivity index (χ1) is 12.5.